The van der Waals surface area contributed by atoms with Crippen LogP contribution in [0.5, 0.6) is 0 Å². The molecule has 0 aliphatic heterocycles. The predicted molar refractivity (Wildman–Crippen MR) is 92.7 cm³/mol. The second-order valence-electron chi connectivity index (χ2n) is 4.67. The molecule has 0 aliphatic rings. The Balaban J connectivity index is 1.87. The van der Waals surface area contributed by atoms with Gasteiger partial charge in [-0.3, -0.25) is 0 Å². The van der Waals surface area contributed by atoms with Crippen LogP contribution in [0.4, 0.5) is 0 Å². The van der Waals surface area contributed by atoms with Crippen molar-refractivity contribution in [1.29, 1.82) is 0 Å². The van der Waals surface area contributed by atoms with Crippen LogP contribution in [-0.2, 0) is 6.54 Å². The second-order valence-corrected chi connectivity index (χ2v) is 6.41. The van der Waals surface area contributed by atoms with Crippen LogP contribution in [0.25, 0.3) is 21.8 Å². The third-order valence-electron chi connectivity index (χ3n) is 3.33. The molecule has 106 valence electrons. The van der Waals surface area contributed by atoms with Crippen molar-refractivity contribution in [2.45, 2.75) is 11.4 Å². The maximum absolute atomic E-state index is 5.63. The zero-order valence-corrected chi connectivity index (χ0v) is 13.4. The van der Waals surface area contributed by atoms with Gasteiger partial charge in [-0.15, -0.1) is 23.1 Å². The SMILES string of the molecule is CSc1ccc(-c2nc(-c3ccc(CN)cc3)cs2)cc1. The first-order chi connectivity index (χ1) is 10.3. The minimum Gasteiger partial charge on any atom is -0.326 e. The van der Waals surface area contributed by atoms with Crippen LogP contribution in [0.3, 0.4) is 0 Å². The van der Waals surface area contributed by atoms with E-state index in [2.05, 4.69) is 60.2 Å². The molecule has 0 saturated heterocycles. The molecule has 1 aromatic heterocycles. The number of hydrogen-bond donors (Lipinski definition) is 1. The van der Waals surface area contributed by atoms with Gasteiger partial charge >= 0.3 is 0 Å². The van der Waals surface area contributed by atoms with Crippen LogP contribution in [0.1, 0.15) is 5.56 Å². The molecule has 0 fully saturated rings. The van der Waals surface area contributed by atoms with Gasteiger partial charge in [-0.1, -0.05) is 36.4 Å². The molecule has 0 spiro atoms. The first-order valence-corrected chi connectivity index (χ1v) is 8.80. The van der Waals surface area contributed by atoms with E-state index in [0.717, 1.165) is 21.8 Å². The molecule has 3 rings (SSSR count). The highest BCUT2D eigenvalue weighted by atomic mass is 32.2. The summed E-state index contributed by atoms with van der Waals surface area (Å²) in [6, 6.07) is 16.8. The number of aromatic nitrogens is 1. The maximum atomic E-state index is 5.63. The zero-order valence-electron chi connectivity index (χ0n) is 11.7. The van der Waals surface area contributed by atoms with E-state index >= 15 is 0 Å². The number of rotatable bonds is 4. The Bertz CT molecular complexity index is 653. The molecule has 0 aliphatic carbocycles. The third-order valence-corrected chi connectivity index (χ3v) is 4.96. The molecule has 0 bridgehead atoms. The Labute approximate surface area is 133 Å². The minimum atomic E-state index is 0.574. The van der Waals surface area contributed by atoms with Gasteiger partial charge in [-0.05, 0) is 24.0 Å². The van der Waals surface area contributed by atoms with Crippen molar-refractivity contribution in [3.8, 4) is 21.8 Å². The Morgan fingerprint density at radius 3 is 2.29 bits per heavy atom. The molecule has 0 saturated carbocycles. The molecule has 0 radical (unpaired) electrons. The number of nitrogens with zero attached hydrogens (tertiary/aromatic N) is 1. The van der Waals surface area contributed by atoms with Crippen LogP contribution in [-0.4, -0.2) is 11.2 Å². The molecule has 2 nitrogen and oxygen atoms in total. The standard InChI is InChI=1S/C17H16N2S2/c1-20-15-8-6-14(7-9-15)17-19-16(11-21-17)13-4-2-12(10-18)3-5-13/h2-9,11H,10,18H2,1H3. The summed E-state index contributed by atoms with van der Waals surface area (Å²) in [6.45, 7) is 0.574. The van der Waals surface area contributed by atoms with Crippen LogP contribution < -0.4 is 5.73 Å². The molecule has 0 atom stereocenters. The van der Waals surface area contributed by atoms with E-state index in [4.69, 9.17) is 10.7 Å². The van der Waals surface area contributed by atoms with Crippen molar-refractivity contribution < 1.29 is 0 Å². The summed E-state index contributed by atoms with van der Waals surface area (Å²) in [6.07, 6.45) is 2.08. The van der Waals surface area contributed by atoms with Crippen LogP contribution in [0.2, 0.25) is 0 Å². The summed E-state index contributed by atoms with van der Waals surface area (Å²) < 4.78 is 0. The summed E-state index contributed by atoms with van der Waals surface area (Å²) in [5.74, 6) is 0. The molecule has 0 unspecified atom stereocenters. The van der Waals surface area contributed by atoms with Gasteiger partial charge in [0.2, 0.25) is 0 Å². The number of nitrogens with two attached hydrogens (primary N) is 1. The highest BCUT2D eigenvalue weighted by molar-refractivity contribution is 7.98. The average molecular weight is 312 g/mol. The maximum Gasteiger partial charge on any atom is 0.124 e. The van der Waals surface area contributed by atoms with Gasteiger partial charge in [-0.2, -0.15) is 0 Å². The summed E-state index contributed by atoms with van der Waals surface area (Å²) in [7, 11) is 0. The van der Waals surface area contributed by atoms with E-state index in [1.165, 1.54) is 10.5 Å². The van der Waals surface area contributed by atoms with Crippen molar-refractivity contribution in [2.24, 2.45) is 5.73 Å². The van der Waals surface area contributed by atoms with Crippen LogP contribution in [0, 0.1) is 0 Å². The topological polar surface area (TPSA) is 38.9 Å². The first-order valence-electron chi connectivity index (χ1n) is 6.69. The van der Waals surface area contributed by atoms with Gasteiger partial charge in [0, 0.05) is 27.9 Å². The fourth-order valence-electron chi connectivity index (χ4n) is 2.08. The fourth-order valence-corrected chi connectivity index (χ4v) is 3.33. The van der Waals surface area contributed by atoms with Crippen molar-refractivity contribution >= 4 is 23.1 Å². The Hall–Kier alpha value is -1.62. The summed E-state index contributed by atoms with van der Waals surface area (Å²) in [5.41, 5.74) is 10.1. The number of thiazole rings is 1. The monoisotopic (exact) mass is 312 g/mol. The van der Waals surface area contributed by atoms with Crippen molar-refractivity contribution in [3.05, 3.63) is 59.5 Å². The van der Waals surface area contributed by atoms with Crippen molar-refractivity contribution in [3.63, 3.8) is 0 Å². The number of hydrogen-bond acceptors (Lipinski definition) is 4. The van der Waals surface area contributed by atoms with Crippen LogP contribution in [0.15, 0.2) is 58.8 Å². The van der Waals surface area contributed by atoms with Gasteiger partial charge in [0.15, 0.2) is 0 Å². The predicted octanol–water partition coefficient (Wildman–Crippen LogP) is 4.66. The fraction of sp³-hybridized carbons (Fsp3) is 0.118. The molecule has 0 amide bonds. The Morgan fingerprint density at radius 1 is 1.00 bits per heavy atom. The third kappa shape index (κ3) is 3.18. The minimum absolute atomic E-state index is 0.574. The number of thioether (sulfide) groups is 1. The smallest absolute Gasteiger partial charge is 0.124 e. The molecule has 1 heterocycles. The van der Waals surface area contributed by atoms with Crippen molar-refractivity contribution in [2.75, 3.05) is 6.26 Å². The van der Waals surface area contributed by atoms with E-state index in [1.807, 2.05) is 0 Å². The molecule has 3 aromatic rings. The Kier molecular flexibility index (Phi) is 4.39. The molecule has 4 heteroatoms. The second kappa shape index (κ2) is 6.43. The molecule has 2 aromatic carbocycles. The average Bonchev–Trinajstić information content (AvgIpc) is 3.05. The summed E-state index contributed by atoms with van der Waals surface area (Å²) in [5, 5.41) is 3.16. The zero-order chi connectivity index (χ0) is 14.7. The highest BCUT2D eigenvalue weighted by Crippen LogP contribution is 2.30. The summed E-state index contributed by atoms with van der Waals surface area (Å²) >= 11 is 3.43. The molecule has 21 heavy (non-hydrogen) atoms. The van der Waals surface area contributed by atoms with E-state index in [9.17, 15) is 0 Å². The van der Waals surface area contributed by atoms with Crippen molar-refractivity contribution in [1.82, 2.24) is 4.98 Å². The van der Waals surface area contributed by atoms with Gasteiger partial charge in [0.05, 0.1) is 5.69 Å². The lowest BCUT2D eigenvalue weighted by Crippen LogP contribution is -1.95. The van der Waals surface area contributed by atoms with E-state index in [-0.39, 0.29) is 0 Å². The normalized spacial score (nSPS) is 10.8. The van der Waals surface area contributed by atoms with Gasteiger partial charge < -0.3 is 5.73 Å². The lowest BCUT2D eigenvalue weighted by atomic mass is 10.1. The molecular weight excluding hydrogens is 296 g/mol. The largest absolute Gasteiger partial charge is 0.326 e. The van der Waals surface area contributed by atoms with Gasteiger partial charge in [0.1, 0.15) is 5.01 Å². The molecule has 2 N–H and O–H groups in total. The summed E-state index contributed by atoms with van der Waals surface area (Å²) in [4.78, 5) is 6.01. The number of benzene rings is 2. The van der Waals surface area contributed by atoms with E-state index < -0.39 is 0 Å². The molecular formula is C17H16N2S2. The van der Waals surface area contributed by atoms with Gasteiger partial charge in [0.25, 0.3) is 0 Å². The lowest BCUT2D eigenvalue weighted by molar-refractivity contribution is 1.07. The highest BCUT2D eigenvalue weighted by Gasteiger charge is 2.06. The van der Waals surface area contributed by atoms with Crippen LogP contribution >= 0.6 is 23.1 Å². The van der Waals surface area contributed by atoms with E-state index in [0.29, 0.717) is 6.54 Å². The lowest BCUT2D eigenvalue weighted by Gasteiger charge is -2.00. The van der Waals surface area contributed by atoms with Gasteiger partial charge in [-0.25, -0.2) is 4.98 Å². The first kappa shape index (κ1) is 14.3. The quantitative estimate of drug-likeness (QED) is 0.712. The Morgan fingerprint density at radius 2 is 1.67 bits per heavy atom. The van der Waals surface area contributed by atoms with E-state index in [1.54, 1.807) is 23.1 Å².